The number of rotatable bonds is 6. The largest absolute Gasteiger partial charge is 0.352 e. The van der Waals surface area contributed by atoms with E-state index in [1.807, 2.05) is 18.2 Å². The van der Waals surface area contributed by atoms with E-state index in [2.05, 4.69) is 17.6 Å². The second-order valence-corrected chi connectivity index (χ2v) is 6.41. The molecule has 2 N–H and O–H groups in total. The molecule has 1 aromatic carbocycles. The van der Waals surface area contributed by atoms with Crippen LogP contribution in [0, 0.1) is 5.92 Å². The highest BCUT2D eigenvalue weighted by molar-refractivity contribution is 8.00. The Morgan fingerprint density at radius 1 is 1.29 bits per heavy atom. The van der Waals surface area contributed by atoms with E-state index in [9.17, 15) is 9.59 Å². The van der Waals surface area contributed by atoms with Crippen molar-refractivity contribution in [2.75, 3.05) is 24.6 Å². The fourth-order valence-corrected chi connectivity index (χ4v) is 3.14. The van der Waals surface area contributed by atoms with E-state index in [1.165, 1.54) is 11.8 Å². The molecule has 0 aliphatic carbocycles. The van der Waals surface area contributed by atoms with Crippen LogP contribution in [-0.2, 0) is 4.79 Å². The molecular weight excluding hydrogens is 284 g/mol. The van der Waals surface area contributed by atoms with Crippen molar-refractivity contribution in [2.45, 2.75) is 19.4 Å². The zero-order chi connectivity index (χ0) is 15.1. The third-order valence-corrected chi connectivity index (χ3v) is 4.63. The summed E-state index contributed by atoms with van der Waals surface area (Å²) in [5, 5.41) is 6.38. The summed E-state index contributed by atoms with van der Waals surface area (Å²) in [4.78, 5) is 23.8. The number of hydrogen-bond acceptors (Lipinski definition) is 4. The van der Waals surface area contributed by atoms with Crippen LogP contribution in [0.1, 0.15) is 23.7 Å². The predicted octanol–water partition coefficient (Wildman–Crippen LogP) is 1.72. The van der Waals surface area contributed by atoms with Gasteiger partial charge in [0.25, 0.3) is 0 Å². The number of Topliss-reactive ketones (excluding diaryl/α,β-unsaturated/α-hetero) is 1. The molecule has 1 amide bonds. The van der Waals surface area contributed by atoms with Crippen LogP contribution in [0.2, 0.25) is 0 Å². The van der Waals surface area contributed by atoms with Gasteiger partial charge < -0.3 is 10.6 Å². The maximum absolute atomic E-state index is 11.9. The van der Waals surface area contributed by atoms with Crippen molar-refractivity contribution in [3.05, 3.63) is 35.9 Å². The van der Waals surface area contributed by atoms with Gasteiger partial charge in [0.05, 0.1) is 11.5 Å². The van der Waals surface area contributed by atoms with Gasteiger partial charge in [0.15, 0.2) is 5.78 Å². The molecule has 1 aliphatic heterocycles. The van der Waals surface area contributed by atoms with Crippen LogP contribution in [0.5, 0.6) is 0 Å². The van der Waals surface area contributed by atoms with E-state index in [0.29, 0.717) is 23.0 Å². The molecule has 1 aliphatic rings. The highest BCUT2D eigenvalue weighted by Gasteiger charge is 2.22. The van der Waals surface area contributed by atoms with Gasteiger partial charge in [-0.15, -0.1) is 11.8 Å². The topological polar surface area (TPSA) is 58.2 Å². The van der Waals surface area contributed by atoms with Crippen molar-refractivity contribution in [1.29, 1.82) is 0 Å². The fourth-order valence-electron chi connectivity index (χ4n) is 2.42. The van der Waals surface area contributed by atoms with Crippen LogP contribution in [0.3, 0.4) is 0 Å². The Morgan fingerprint density at radius 2 is 2.05 bits per heavy atom. The molecule has 2 unspecified atom stereocenters. The molecule has 114 valence electrons. The summed E-state index contributed by atoms with van der Waals surface area (Å²) < 4.78 is 0. The lowest BCUT2D eigenvalue weighted by molar-refractivity contribution is -0.119. The molecule has 1 aromatic rings. The lowest BCUT2D eigenvalue weighted by atomic mass is 9.95. The third-order valence-electron chi connectivity index (χ3n) is 3.69. The molecule has 2 atom stereocenters. The highest BCUT2D eigenvalue weighted by atomic mass is 32.2. The first-order valence-corrected chi connectivity index (χ1v) is 8.48. The summed E-state index contributed by atoms with van der Waals surface area (Å²) >= 11 is 1.38. The monoisotopic (exact) mass is 306 g/mol. The molecule has 0 aromatic heterocycles. The highest BCUT2D eigenvalue weighted by Crippen LogP contribution is 2.11. The van der Waals surface area contributed by atoms with E-state index < -0.39 is 0 Å². The standard InChI is InChI=1S/C16H22N2O2S/c1-12-9-17-8-7-14(12)18-16(20)11-21-10-15(19)13-5-3-2-4-6-13/h2-6,12,14,17H,7-11H2,1H3,(H,18,20). The number of carbonyl (C=O) groups is 2. The van der Waals surface area contributed by atoms with Crippen molar-refractivity contribution >= 4 is 23.5 Å². The molecule has 4 nitrogen and oxygen atoms in total. The van der Waals surface area contributed by atoms with E-state index in [0.717, 1.165) is 19.5 Å². The van der Waals surface area contributed by atoms with Gasteiger partial charge in [-0.3, -0.25) is 9.59 Å². The normalized spacial score (nSPS) is 21.8. The van der Waals surface area contributed by atoms with Gasteiger partial charge in [0.2, 0.25) is 5.91 Å². The Morgan fingerprint density at radius 3 is 2.76 bits per heavy atom. The smallest absolute Gasteiger partial charge is 0.230 e. The van der Waals surface area contributed by atoms with Crippen LogP contribution < -0.4 is 10.6 Å². The van der Waals surface area contributed by atoms with Gasteiger partial charge >= 0.3 is 0 Å². The Hall–Kier alpha value is -1.33. The van der Waals surface area contributed by atoms with E-state index in [4.69, 9.17) is 0 Å². The predicted molar refractivity (Wildman–Crippen MR) is 86.7 cm³/mol. The quantitative estimate of drug-likeness (QED) is 0.786. The van der Waals surface area contributed by atoms with Crippen LogP contribution in [-0.4, -0.2) is 42.3 Å². The molecular formula is C16H22N2O2S. The summed E-state index contributed by atoms with van der Waals surface area (Å²) in [6.45, 7) is 4.04. The van der Waals surface area contributed by atoms with Gasteiger partial charge in [-0.25, -0.2) is 0 Å². The zero-order valence-corrected chi connectivity index (χ0v) is 13.1. The molecule has 21 heavy (non-hydrogen) atoms. The number of ketones is 1. The van der Waals surface area contributed by atoms with E-state index >= 15 is 0 Å². The maximum Gasteiger partial charge on any atom is 0.230 e. The second-order valence-electron chi connectivity index (χ2n) is 5.43. The van der Waals surface area contributed by atoms with Crippen LogP contribution in [0.4, 0.5) is 0 Å². The van der Waals surface area contributed by atoms with Crippen LogP contribution >= 0.6 is 11.8 Å². The van der Waals surface area contributed by atoms with Crippen molar-refractivity contribution in [3.8, 4) is 0 Å². The average Bonchev–Trinajstić information content (AvgIpc) is 2.50. The van der Waals surface area contributed by atoms with Gasteiger partial charge in [-0.2, -0.15) is 0 Å². The summed E-state index contributed by atoms with van der Waals surface area (Å²) in [6, 6.07) is 9.45. The Bertz CT molecular complexity index is 478. The molecule has 2 rings (SSSR count). The third kappa shape index (κ3) is 5.17. The number of nitrogens with one attached hydrogen (secondary N) is 2. The molecule has 0 radical (unpaired) electrons. The van der Waals surface area contributed by atoms with Crippen molar-refractivity contribution in [3.63, 3.8) is 0 Å². The SMILES string of the molecule is CC1CNCCC1NC(=O)CSCC(=O)c1ccccc1. The molecule has 0 spiro atoms. The Labute approximate surface area is 130 Å². The maximum atomic E-state index is 11.9. The number of benzene rings is 1. The molecule has 5 heteroatoms. The molecule has 0 saturated carbocycles. The first-order chi connectivity index (χ1) is 10.2. The minimum Gasteiger partial charge on any atom is -0.352 e. The number of carbonyl (C=O) groups excluding carboxylic acids is 2. The van der Waals surface area contributed by atoms with Gasteiger partial charge in [0, 0.05) is 11.6 Å². The average molecular weight is 306 g/mol. The molecule has 0 bridgehead atoms. The first kappa shape index (κ1) is 16.0. The summed E-state index contributed by atoms with van der Waals surface area (Å²) in [6.07, 6.45) is 0.973. The molecule has 1 saturated heterocycles. The minimum atomic E-state index is 0.0274. The lowest BCUT2D eigenvalue weighted by Crippen LogP contribution is -2.48. The number of thioether (sulfide) groups is 1. The Kier molecular flexibility index (Phi) is 6.26. The fraction of sp³-hybridized carbons (Fsp3) is 0.500. The van der Waals surface area contributed by atoms with Crippen molar-refractivity contribution < 1.29 is 9.59 Å². The first-order valence-electron chi connectivity index (χ1n) is 7.33. The number of amides is 1. The number of piperidine rings is 1. The van der Waals surface area contributed by atoms with Crippen molar-refractivity contribution in [2.24, 2.45) is 5.92 Å². The van der Waals surface area contributed by atoms with E-state index in [-0.39, 0.29) is 17.7 Å². The summed E-state index contributed by atoms with van der Waals surface area (Å²) in [5.74, 6) is 1.25. The van der Waals surface area contributed by atoms with Gasteiger partial charge in [-0.1, -0.05) is 37.3 Å². The second kappa shape index (κ2) is 8.20. The minimum absolute atomic E-state index is 0.0274. The molecule has 1 fully saturated rings. The van der Waals surface area contributed by atoms with Gasteiger partial charge in [0.1, 0.15) is 0 Å². The Balaban J connectivity index is 1.68. The van der Waals surface area contributed by atoms with Crippen LogP contribution in [0.15, 0.2) is 30.3 Å². The zero-order valence-electron chi connectivity index (χ0n) is 12.3. The van der Waals surface area contributed by atoms with Crippen LogP contribution in [0.25, 0.3) is 0 Å². The summed E-state index contributed by atoms with van der Waals surface area (Å²) in [7, 11) is 0. The van der Waals surface area contributed by atoms with Crippen molar-refractivity contribution in [1.82, 2.24) is 10.6 Å². The summed E-state index contributed by atoms with van der Waals surface area (Å²) in [5.41, 5.74) is 0.706. The molecule has 1 heterocycles. The van der Waals surface area contributed by atoms with Gasteiger partial charge in [-0.05, 0) is 25.4 Å². The number of hydrogen-bond donors (Lipinski definition) is 2. The lowest BCUT2D eigenvalue weighted by Gasteiger charge is -2.30. The van der Waals surface area contributed by atoms with E-state index in [1.54, 1.807) is 12.1 Å².